The fraction of sp³-hybridized carbons (Fsp3) is 0.533. The summed E-state index contributed by atoms with van der Waals surface area (Å²) in [5.41, 5.74) is 1.03. The topological polar surface area (TPSA) is 72.9 Å². The fourth-order valence-corrected chi connectivity index (χ4v) is 4.19. The largest absolute Gasteiger partial charge is 0.493 e. The molecule has 1 atom stereocenters. The molecule has 0 N–H and O–H groups in total. The number of sulfone groups is 1. The molecule has 0 aliphatic carbocycles. The van der Waals surface area contributed by atoms with E-state index in [2.05, 4.69) is 0 Å². The lowest BCUT2D eigenvalue weighted by Crippen LogP contribution is -2.40. The number of carbonyl (C=O) groups is 1. The van der Waals surface area contributed by atoms with Crippen molar-refractivity contribution in [3.05, 3.63) is 23.8 Å². The molecule has 1 fully saturated rings. The van der Waals surface area contributed by atoms with Crippen LogP contribution in [0.1, 0.15) is 12.0 Å². The Kier molecular flexibility index (Phi) is 4.95. The number of hydrogen-bond acceptors (Lipinski definition) is 5. The number of benzene rings is 1. The number of hydrogen-bond donors (Lipinski definition) is 0. The molecular weight excluding hydrogens is 306 g/mol. The average Bonchev–Trinajstić information content (AvgIpc) is 2.84. The Balaban J connectivity index is 1.95. The summed E-state index contributed by atoms with van der Waals surface area (Å²) in [5, 5.41) is 0. The van der Waals surface area contributed by atoms with Crippen molar-refractivity contribution >= 4 is 15.7 Å². The van der Waals surface area contributed by atoms with E-state index in [1.165, 1.54) is 4.90 Å². The maximum Gasteiger partial charge on any atom is 0.260 e. The second kappa shape index (κ2) is 6.56. The first-order valence-corrected chi connectivity index (χ1v) is 8.88. The molecule has 0 spiro atoms. The van der Waals surface area contributed by atoms with Gasteiger partial charge >= 0.3 is 0 Å². The van der Waals surface area contributed by atoms with E-state index in [0.29, 0.717) is 17.9 Å². The molecule has 22 heavy (non-hydrogen) atoms. The van der Waals surface area contributed by atoms with Gasteiger partial charge in [-0.15, -0.1) is 0 Å². The Morgan fingerprint density at radius 1 is 1.36 bits per heavy atom. The number of ether oxygens (including phenoxy) is 2. The fourth-order valence-electron chi connectivity index (χ4n) is 2.42. The molecule has 122 valence electrons. The van der Waals surface area contributed by atoms with E-state index in [9.17, 15) is 13.2 Å². The highest BCUT2D eigenvalue weighted by atomic mass is 32.2. The first-order chi connectivity index (χ1) is 10.3. The van der Waals surface area contributed by atoms with Crippen LogP contribution in [0.25, 0.3) is 0 Å². The van der Waals surface area contributed by atoms with Crippen LogP contribution in [0.4, 0.5) is 0 Å². The van der Waals surface area contributed by atoms with Gasteiger partial charge in [-0.25, -0.2) is 8.42 Å². The van der Waals surface area contributed by atoms with Crippen molar-refractivity contribution in [1.29, 1.82) is 0 Å². The van der Waals surface area contributed by atoms with E-state index in [4.69, 9.17) is 9.47 Å². The van der Waals surface area contributed by atoms with Crippen LogP contribution in [-0.4, -0.2) is 57.5 Å². The van der Waals surface area contributed by atoms with Gasteiger partial charge < -0.3 is 14.4 Å². The van der Waals surface area contributed by atoms with Gasteiger partial charge in [-0.05, 0) is 31.0 Å². The third-order valence-electron chi connectivity index (χ3n) is 3.82. The van der Waals surface area contributed by atoms with Gasteiger partial charge in [-0.3, -0.25) is 4.79 Å². The van der Waals surface area contributed by atoms with E-state index in [1.54, 1.807) is 20.2 Å². The smallest absolute Gasteiger partial charge is 0.260 e. The SMILES string of the molecule is COc1cc(C)ccc1OCC(=O)N(C)[C@@H]1CCS(=O)(=O)C1. The van der Waals surface area contributed by atoms with Crippen LogP contribution in [-0.2, 0) is 14.6 Å². The summed E-state index contributed by atoms with van der Waals surface area (Å²) < 4.78 is 33.7. The summed E-state index contributed by atoms with van der Waals surface area (Å²) in [5.74, 6) is 0.989. The van der Waals surface area contributed by atoms with Gasteiger partial charge in [0.2, 0.25) is 0 Å². The molecule has 1 aromatic rings. The maximum atomic E-state index is 12.1. The molecule has 1 amide bonds. The van der Waals surface area contributed by atoms with Crippen LogP contribution in [0.3, 0.4) is 0 Å². The molecule has 0 radical (unpaired) electrons. The zero-order chi connectivity index (χ0) is 16.3. The minimum absolute atomic E-state index is 0.0308. The van der Waals surface area contributed by atoms with E-state index in [-0.39, 0.29) is 30.1 Å². The van der Waals surface area contributed by atoms with Crippen molar-refractivity contribution in [2.45, 2.75) is 19.4 Å². The van der Waals surface area contributed by atoms with E-state index >= 15 is 0 Å². The second-order valence-electron chi connectivity index (χ2n) is 5.50. The van der Waals surface area contributed by atoms with Gasteiger partial charge in [0.15, 0.2) is 27.9 Å². The zero-order valence-corrected chi connectivity index (χ0v) is 13.9. The van der Waals surface area contributed by atoms with Gasteiger partial charge in [0.25, 0.3) is 5.91 Å². The molecule has 1 aliphatic rings. The van der Waals surface area contributed by atoms with Crippen molar-refractivity contribution in [1.82, 2.24) is 4.90 Å². The van der Waals surface area contributed by atoms with Crippen molar-refractivity contribution < 1.29 is 22.7 Å². The lowest BCUT2D eigenvalue weighted by atomic mass is 10.2. The molecule has 1 saturated heterocycles. The first-order valence-electron chi connectivity index (χ1n) is 7.06. The van der Waals surface area contributed by atoms with Gasteiger partial charge in [-0.2, -0.15) is 0 Å². The molecule has 0 aromatic heterocycles. The Bertz CT molecular complexity index is 656. The number of rotatable bonds is 5. The van der Waals surface area contributed by atoms with Crippen LogP contribution in [0.5, 0.6) is 11.5 Å². The zero-order valence-electron chi connectivity index (χ0n) is 13.0. The first kappa shape index (κ1) is 16.6. The molecule has 0 saturated carbocycles. The van der Waals surface area contributed by atoms with Gasteiger partial charge in [-0.1, -0.05) is 6.07 Å². The molecule has 7 heteroatoms. The van der Waals surface area contributed by atoms with Crippen molar-refractivity contribution in [3.8, 4) is 11.5 Å². The summed E-state index contributed by atoms with van der Waals surface area (Å²) in [6.07, 6.45) is 0.485. The highest BCUT2D eigenvalue weighted by Gasteiger charge is 2.32. The quantitative estimate of drug-likeness (QED) is 0.807. The van der Waals surface area contributed by atoms with E-state index in [1.807, 2.05) is 19.1 Å². The van der Waals surface area contributed by atoms with Crippen LogP contribution >= 0.6 is 0 Å². The Labute approximate surface area is 130 Å². The van der Waals surface area contributed by atoms with Crippen molar-refractivity contribution in [2.75, 3.05) is 32.3 Å². The van der Waals surface area contributed by atoms with Crippen LogP contribution in [0.15, 0.2) is 18.2 Å². The molecular formula is C15H21NO5S. The monoisotopic (exact) mass is 327 g/mol. The maximum absolute atomic E-state index is 12.1. The molecule has 1 heterocycles. The van der Waals surface area contributed by atoms with Crippen LogP contribution in [0, 0.1) is 6.92 Å². The summed E-state index contributed by atoms with van der Waals surface area (Å²) in [4.78, 5) is 13.6. The number of likely N-dealkylation sites (N-methyl/N-ethyl adjacent to an activating group) is 1. The highest BCUT2D eigenvalue weighted by Crippen LogP contribution is 2.27. The Morgan fingerprint density at radius 3 is 2.68 bits per heavy atom. The Morgan fingerprint density at radius 2 is 2.09 bits per heavy atom. The van der Waals surface area contributed by atoms with Crippen molar-refractivity contribution in [2.24, 2.45) is 0 Å². The lowest BCUT2D eigenvalue weighted by molar-refractivity contribution is -0.133. The van der Waals surface area contributed by atoms with Gasteiger partial charge in [0.1, 0.15) is 0 Å². The number of carbonyl (C=O) groups excluding carboxylic acids is 1. The highest BCUT2D eigenvalue weighted by molar-refractivity contribution is 7.91. The van der Waals surface area contributed by atoms with E-state index in [0.717, 1.165) is 5.56 Å². The minimum atomic E-state index is -3.01. The number of nitrogens with zero attached hydrogens (tertiary/aromatic N) is 1. The van der Waals surface area contributed by atoms with Gasteiger partial charge in [0.05, 0.1) is 18.6 Å². The van der Waals surface area contributed by atoms with Crippen LogP contribution < -0.4 is 9.47 Å². The minimum Gasteiger partial charge on any atom is -0.493 e. The van der Waals surface area contributed by atoms with Crippen molar-refractivity contribution in [3.63, 3.8) is 0 Å². The van der Waals surface area contributed by atoms with Gasteiger partial charge in [0, 0.05) is 13.1 Å². The molecule has 1 aliphatic heterocycles. The number of amides is 1. The molecule has 1 aromatic carbocycles. The molecule has 2 rings (SSSR count). The third kappa shape index (κ3) is 3.91. The van der Waals surface area contributed by atoms with E-state index < -0.39 is 9.84 Å². The standard InChI is InChI=1S/C15H21NO5S/c1-11-4-5-13(14(8-11)20-3)21-9-15(17)16(2)12-6-7-22(18,19)10-12/h4-5,8,12H,6-7,9-10H2,1-3H3/t12-/m1/s1. The Hall–Kier alpha value is -1.76. The summed E-state index contributed by atoms with van der Waals surface area (Å²) in [6, 6.07) is 5.19. The number of aryl methyl sites for hydroxylation is 1. The summed E-state index contributed by atoms with van der Waals surface area (Å²) >= 11 is 0. The average molecular weight is 327 g/mol. The second-order valence-corrected chi connectivity index (χ2v) is 7.73. The third-order valence-corrected chi connectivity index (χ3v) is 5.57. The predicted octanol–water partition coefficient (Wildman–Crippen LogP) is 1.03. The predicted molar refractivity (Wildman–Crippen MR) is 83.1 cm³/mol. The molecule has 0 bridgehead atoms. The normalized spacial score (nSPS) is 19.7. The molecule has 6 nitrogen and oxygen atoms in total. The lowest BCUT2D eigenvalue weighted by Gasteiger charge is -2.23. The number of methoxy groups -OCH3 is 1. The summed E-state index contributed by atoms with van der Waals surface area (Å²) in [6.45, 7) is 1.79. The summed E-state index contributed by atoms with van der Waals surface area (Å²) in [7, 11) is 0.144. The molecule has 0 unspecified atom stereocenters. The van der Waals surface area contributed by atoms with Crippen LogP contribution in [0.2, 0.25) is 0 Å².